The number of anilines is 1. The molecule has 5 heteroatoms. The first-order valence-corrected chi connectivity index (χ1v) is 8.28. The molecule has 0 aliphatic rings. The molecule has 2 aromatic rings. The molecule has 0 aliphatic carbocycles. The van der Waals surface area contributed by atoms with Crippen molar-refractivity contribution in [1.82, 2.24) is 14.8 Å². The van der Waals surface area contributed by atoms with Gasteiger partial charge in [0.05, 0.1) is 0 Å². The zero-order valence-electron chi connectivity index (χ0n) is 14.7. The van der Waals surface area contributed by atoms with Crippen molar-refractivity contribution in [2.75, 3.05) is 39.0 Å². The van der Waals surface area contributed by atoms with Crippen LogP contribution in [-0.2, 0) is 6.54 Å². The first kappa shape index (κ1) is 17.9. The van der Waals surface area contributed by atoms with Gasteiger partial charge in [-0.2, -0.15) is 0 Å². The molecule has 1 heterocycles. The van der Waals surface area contributed by atoms with Gasteiger partial charge >= 0.3 is 0 Å². The molecule has 5 nitrogen and oxygen atoms in total. The highest BCUT2D eigenvalue weighted by molar-refractivity contribution is 5.94. The van der Waals surface area contributed by atoms with Crippen LogP contribution in [0.3, 0.4) is 0 Å². The summed E-state index contributed by atoms with van der Waals surface area (Å²) in [5.74, 6) is 0.762. The first-order chi connectivity index (χ1) is 11.6. The van der Waals surface area contributed by atoms with Crippen LogP contribution in [0.5, 0.6) is 0 Å². The maximum Gasteiger partial charge on any atom is 0.254 e. The summed E-state index contributed by atoms with van der Waals surface area (Å²) in [7, 11) is 4.05. The number of likely N-dealkylation sites (N-methyl/N-ethyl adjacent to an activating group) is 1. The Morgan fingerprint density at radius 1 is 1.17 bits per heavy atom. The summed E-state index contributed by atoms with van der Waals surface area (Å²) >= 11 is 0. The van der Waals surface area contributed by atoms with E-state index in [-0.39, 0.29) is 5.91 Å². The van der Waals surface area contributed by atoms with E-state index in [9.17, 15) is 4.79 Å². The van der Waals surface area contributed by atoms with Crippen LogP contribution in [0, 0.1) is 0 Å². The predicted molar refractivity (Wildman–Crippen MR) is 98.1 cm³/mol. The van der Waals surface area contributed by atoms with Gasteiger partial charge in [-0.25, -0.2) is 4.98 Å². The quantitative estimate of drug-likeness (QED) is 0.810. The second-order valence-electron chi connectivity index (χ2n) is 5.96. The third-order valence-electron chi connectivity index (χ3n) is 3.76. The molecule has 0 bridgehead atoms. The van der Waals surface area contributed by atoms with Crippen LogP contribution < -0.4 is 5.32 Å². The predicted octanol–water partition coefficient (Wildman–Crippen LogP) is 2.72. The Morgan fingerprint density at radius 3 is 2.58 bits per heavy atom. The lowest BCUT2D eigenvalue weighted by molar-refractivity contribution is 0.0752. The monoisotopic (exact) mass is 326 g/mol. The molecule has 0 atom stereocenters. The van der Waals surface area contributed by atoms with E-state index in [0.717, 1.165) is 24.5 Å². The van der Waals surface area contributed by atoms with E-state index < -0.39 is 0 Å². The van der Waals surface area contributed by atoms with E-state index in [4.69, 9.17) is 0 Å². The number of rotatable bonds is 8. The third-order valence-corrected chi connectivity index (χ3v) is 3.76. The van der Waals surface area contributed by atoms with Crippen molar-refractivity contribution in [3.05, 3.63) is 59.8 Å². The van der Waals surface area contributed by atoms with Gasteiger partial charge in [0.15, 0.2) is 0 Å². The second kappa shape index (κ2) is 9.03. The van der Waals surface area contributed by atoms with Crippen molar-refractivity contribution in [2.45, 2.75) is 13.5 Å². The largest absolute Gasteiger partial charge is 0.369 e. The highest BCUT2D eigenvalue weighted by atomic mass is 16.2. The molecule has 2 rings (SSSR count). The van der Waals surface area contributed by atoms with Crippen molar-refractivity contribution in [1.29, 1.82) is 0 Å². The van der Waals surface area contributed by atoms with Gasteiger partial charge in [0.25, 0.3) is 5.91 Å². The maximum atomic E-state index is 12.8. The van der Waals surface area contributed by atoms with Crippen LogP contribution in [0.15, 0.2) is 48.7 Å². The Balaban J connectivity index is 2.04. The zero-order valence-corrected chi connectivity index (χ0v) is 14.7. The highest BCUT2D eigenvalue weighted by Gasteiger charge is 2.15. The van der Waals surface area contributed by atoms with Crippen molar-refractivity contribution < 1.29 is 4.79 Å². The van der Waals surface area contributed by atoms with Crippen molar-refractivity contribution in [2.24, 2.45) is 0 Å². The highest BCUT2D eigenvalue weighted by Crippen LogP contribution is 2.12. The van der Waals surface area contributed by atoms with E-state index in [1.54, 1.807) is 12.3 Å². The van der Waals surface area contributed by atoms with Crippen LogP contribution in [0.1, 0.15) is 22.8 Å². The van der Waals surface area contributed by atoms with Gasteiger partial charge in [-0.05, 0) is 38.7 Å². The number of carbonyl (C=O) groups is 1. The summed E-state index contributed by atoms with van der Waals surface area (Å²) in [5.41, 5.74) is 1.79. The molecule has 0 saturated heterocycles. The Bertz CT molecular complexity index is 643. The van der Waals surface area contributed by atoms with Crippen LogP contribution in [0.25, 0.3) is 0 Å². The summed E-state index contributed by atoms with van der Waals surface area (Å²) in [6.07, 6.45) is 1.68. The third kappa shape index (κ3) is 5.35. The zero-order chi connectivity index (χ0) is 17.4. The van der Waals surface area contributed by atoms with Crippen molar-refractivity contribution >= 4 is 11.7 Å². The normalized spacial score (nSPS) is 10.7. The Kier molecular flexibility index (Phi) is 6.75. The lowest BCUT2D eigenvalue weighted by Crippen LogP contribution is -2.30. The van der Waals surface area contributed by atoms with Gasteiger partial charge in [-0.3, -0.25) is 4.79 Å². The number of amides is 1. The molecule has 1 amide bonds. The Labute approximate surface area is 144 Å². The van der Waals surface area contributed by atoms with Crippen molar-refractivity contribution in [3.8, 4) is 0 Å². The number of carbonyl (C=O) groups excluding carboxylic acids is 1. The number of benzene rings is 1. The van der Waals surface area contributed by atoms with Gasteiger partial charge in [0, 0.05) is 37.9 Å². The molecular formula is C19H26N4O. The van der Waals surface area contributed by atoms with Gasteiger partial charge in [-0.15, -0.1) is 0 Å². The number of nitrogens with zero attached hydrogens (tertiary/aromatic N) is 3. The molecule has 0 spiro atoms. The van der Waals surface area contributed by atoms with E-state index in [1.807, 2.05) is 62.3 Å². The van der Waals surface area contributed by atoms with E-state index in [0.29, 0.717) is 18.7 Å². The number of nitrogens with one attached hydrogen (secondary N) is 1. The average Bonchev–Trinajstić information content (AvgIpc) is 2.60. The van der Waals surface area contributed by atoms with Gasteiger partial charge < -0.3 is 15.1 Å². The average molecular weight is 326 g/mol. The van der Waals surface area contributed by atoms with Crippen molar-refractivity contribution in [3.63, 3.8) is 0 Å². The number of hydrogen-bond donors (Lipinski definition) is 1. The number of aromatic nitrogens is 1. The van der Waals surface area contributed by atoms with Gasteiger partial charge in [-0.1, -0.05) is 30.3 Å². The molecule has 1 aromatic heterocycles. The summed E-state index contributed by atoms with van der Waals surface area (Å²) < 4.78 is 0. The minimum Gasteiger partial charge on any atom is -0.369 e. The summed E-state index contributed by atoms with van der Waals surface area (Å²) in [6.45, 7) is 4.98. The van der Waals surface area contributed by atoms with Gasteiger partial charge in [0.2, 0.25) is 0 Å². The lowest BCUT2D eigenvalue weighted by atomic mass is 10.2. The van der Waals surface area contributed by atoms with E-state index in [2.05, 4.69) is 15.2 Å². The second-order valence-corrected chi connectivity index (χ2v) is 5.96. The summed E-state index contributed by atoms with van der Waals surface area (Å²) in [4.78, 5) is 21.0. The fourth-order valence-electron chi connectivity index (χ4n) is 2.38. The molecule has 0 radical (unpaired) electrons. The molecule has 24 heavy (non-hydrogen) atoms. The molecule has 1 N–H and O–H groups in total. The molecule has 0 saturated carbocycles. The van der Waals surface area contributed by atoms with E-state index in [1.165, 1.54) is 0 Å². The number of hydrogen-bond acceptors (Lipinski definition) is 4. The van der Waals surface area contributed by atoms with Gasteiger partial charge in [0.1, 0.15) is 5.82 Å². The van der Waals surface area contributed by atoms with Crippen LogP contribution in [-0.4, -0.2) is 54.4 Å². The number of pyridine rings is 1. The maximum absolute atomic E-state index is 12.8. The fraction of sp³-hybridized carbons (Fsp3) is 0.368. The minimum atomic E-state index is 0.0272. The smallest absolute Gasteiger partial charge is 0.254 e. The van der Waals surface area contributed by atoms with Crippen LogP contribution in [0.2, 0.25) is 0 Å². The molecule has 0 unspecified atom stereocenters. The topological polar surface area (TPSA) is 48.5 Å². The fourth-order valence-corrected chi connectivity index (χ4v) is 2.38. The molecular weight excluding hydrogens is 300 g/mol. The first-order valence-electron chi connectivity index (χ1n) is 8.28. The molecule has 128 valence electrons. The summed E-state index contributed by atoms with van der Waals surface area (Å²) in [5, 5.41) is 3.25. The summed E-state index contributed by atoms with van der Waals surface area (Å²) in [6, 6.07) is 13.6. The Hall–Kier alpha value is -2.40. The minimum absolute atomic E-state index is 0.0272. The molecule has 0 aliphatic heterocycles. The van der Waals surface area contributed by atoms with E-state index >= 15 is 0 Å². The van der Waals surface area contributed by atoms with Crippen LogP contribution >= 0.6 is 0 Å². The Morgan fingerprint density at radius 2 is 1.92 bits per heavy atom. The van der Waals surface area contributed by atoms with Crippen LogP contribution in [0.4, 0.5) is 5.82 Å². The molecule has 1 aromatic carbocycles. The molecule has 0 fully saturated rings. The lowest BCUT2D eigenvalue weighted by Gasteiger charge is -2.21. The standard InChI is InChI=1S/C19H26N4O/c1-4-23(15-16-8-6-5-7-9-16)19(24)17-10-11-20-18(14-17)21-12-13-22(2)3/h5-11,14H,4,12-13,15H2,1-3H3,(H,20,21). The SMILES string of the molecule is CCN(Cc1ccccc1)C(=O)c1ccnc(NCCN(C)C)c1.